The summed E-state index contributed by atoms with van der Waals surface area (Å²) in [7, 11) is 0. The highest BCUT2D eigenvalue weighted by molar-refractivity contribution is 6.31. The smallest absolute Gasteiger partial charge is 0.154 e. The van der Waals surface area contributed by atoms with Crippen molar-refractivity contribution in [2.24, 2.45) is 0 Å². The van der Waals surface area contributed by atoms with Crippen LogP contribution in [0, 0.1) is 0 Å². The van der Waals surface area contributed by atoms with Gasteiger partial charge >= 0.3 is 0 Å². The van der Waals surface area contributed by atoms with Crippen molar-refractivity contribution in [1.82, 2.24) is 4.98 Å². The number of anilines is 1. The third kappa shape index (κ3) is 6.37. The molecule has 0 saturated carbocycles. The molecule has 0 fully saturated rings. The second-order valence-corrected chi connectivity index (χ2v) is 7.33. The van der Waals surface area contributed by atoms with Gasteiger partial charge in [0.15, 0.2) is 6.00 Å². The Kier molecular flexibility index (Phi) is 10.5. The Balaban J connectivity index is 0.00000338. The highest BCUT2D eigenvalue weighted by Gasteiger charge is 2.23. The van der Waals surface area contributed by atoms with Gasteiger partial charge in [0.25, 0.3) is 0 Å². The fourth-order valence-electron chi connectivity index (χ4n) is 3.16. The van der Waals surface area contributed by atoms with Crippen LogP contribution in [0.2, 0.25) is 5.02 Å². The van der Waals surface area contributed by atoms with Crippen LogP contribution >= 0.6 is 23.2 Å². The van der Waals surface area contributed by atoms with Crippen molar-refractivity contribution in [3.63, 3.8) is 0 Å². The van der Waals surface area contributed by atoms with E-state index in [0.29, 0.717) is 17.1 Å². The Labute approximate surface area is 183 Å². The predicted molar refractivity (Wildman–Crippen MR) is 107 cm³/mol. The number of aliphatic hydroxyl groups excluding tert-OH is 1. The first-order valence-electron chi connectivity index (χ1n) is 8.86. The Hall–Kier alpha value is -0.340. The van der Waals surface area contributed by atoms with E-state index in [-0.39, 0.29) is 30.6 Å². The number of hydrogen-bond donors (Lipinski definition) is 2. The van der Waals surface area contributed by atoms with Crippen LogP contribution in [0.15, 0.2) is 30.5 Å². The molecule has 0 bridgehead atoms. The van der Waals surface area contributed by atoms with Crippen LogP contribution < -0.4 is 29.3 Å². The van der Waals surface area contributed by atoms with Gasteiger partial charge in [-0.15, -0.1) is 0 Å². The number of aliphatic hydroxyl groups is 1. The van der Waals surface area contributed by atoms with E-state index in [9.17, 15) is 5.11 Å². The third-order valence-electron chi connectivity index (χ3n) is 4.87. The molecular formula is C19H28Cl2IN3O. The van der Waals surface area contributed by atoms with E-state index in [0.717, 1.165) is 53.5 Å². The molecule has 2 atom stereocenters. The number of halogens is 3. The summed E-state index contributed by atoms with van der Waals surface area (Å²) < 4.78 is 0.765. The minimum absolute atomic E-state index is 0. The van der Waals surface area contributed by atoms with Crippen LogP contribution in [-0.4, -0.2) is 52.9 Å². The molecule has 0 radical (unpaired) electrons. The maximum Gasteiger partial charge on any atom is 0.154 e. The van der Waals surface area contributed by atoms with Gasteiger partial charge in [-0.2, -0.15) is 0 Å². The molecule has 0 aliphatic rings. The SMILES string of the molecule is CC[N+](CCl)(CCO)CCCC(C)Nc1ccnc2cc(Cl)ccc12.[I-]. The molecule has 4 nitrogen and oxygen atoms in total. The topological polar surface area (TPSA) is 45.1 Å². The summed E-state index contributed by atoms with van der Waals surface area (Å²) in [4.78, 5) is 4.38. The molecule has 0 spiro atoms. The van der Waals surface area contributed by atoms with Gasteiger partial charge in [-0.3, -0.25) is 4.98 Å². The van der Waals surface area contributed by atoms with E-state index in [4.69, 9.17) is 23.2 Å². The molecule has 0 aliphatic carbocycles. The van der Waals surface area contributed by atoms with Gasteiger partial charge < -0.3 is 38.9 Å². The van der Waals surface area contributed by atoms with Crippen molar-refractivity contribution in [3.05, 3.63) is 35.5 Å². The van der Waals surface area contributed by atoms with E-state index >= 15 is 0 Å². The fourth-order valence-corrected chi connectivity index (χ4v) is 3.74. The second kappa shape index (κ2) is 11.5. The lowest BCUT2D eigenvalue weighted by atomic mass is 10.1. The van der Waals surface area contributed by atoms with Crippen molar-refractivity contribution >= 4 is 39.8 Å². The van der Waals surface area contributed by atoms with Crippen molar-refractivity contribution in [3.8, 4) is 0 Å². The third-order valence-corrected chi connectivity index (χ3v) is 5.62. The molecule has 0 saturated heterocycles. The zero-order chi connectivity index (χ0) is 18.3. The number of rotatable bonds is 10. The van der Waals surface area contributed by atoms with E-state index < -0.39 is 0 Å². The predicted octanol–water partition coefficient (Wildman–Crippen LogP) is 1.50. The van der Waals surface area contributed by atoms with Crippen LogP contribution in [0.5, 0.6) is 0 Å². The minimum Gasteiger partial charge on any atom is -1.00 e. The quantitative estimate of drug-likeness (QED) is 0.220. The highest BCUT2D eigenvalue weighted by Crippen LogP contribution is 2.25. The van der Waals surface area contributed by atoms with E-state index in [2.05, 4.69) is 24.1 Å². The second-order valence-electron chi connectivity index (χ2n) is 6.66. The van der Waals surface area contributed by atoms with Gasteiger partial charge in [-0.05, 0) is 51.0 Å². The van der Waals surface area contributed by atoms with Crippen molar-refractivity contribution in [1.29, 1.82) is 0 Å². The van der Waals surface area contributed by atoms with Crippen LogP contribution in [0.3, 0.4) is 0 Å². The maximum atomic E-state index is 9.29. The van der Waals surface area contributed by atoms with Crippen molar-refractivity contribution in [2.45, 2.75) is 32.7 Å². The molecule has 2 N–H and O–H groups in total. The Morgan fingerprint density at radius 1 is 1.27 bits per heavy atom. The van der Waals surface area contributed by atoms with Gasteiger partial charge in [0.05, 0.1) is 25.2 Å². The molecule has 2 unspecified atom stereocenters. The molecule has 146 valence electrons. The summed E-state index contributed by atoms with van der Waals surface area (Å²) in [6, 6.07) is 8.68. The number of nitrogens with one attached hydrogen (secondary N) is 1. The zero-order valence-electron chi connectivity index (χ0n) is 15.4. The highest BCUT2D eigenvalue weighted by atomic mass is 127. The van der Waals surface area contributed by atoms with Crippen LogP contribution in [0.25, 0.3) is 10.9 Å². The largest absolute Gasteiger partial charge is 1.00 e. The summed E-state index contributed by atoms with van der Waals surface area (Å²) in [5.41, 5.74) is 1.98. The summed E-state index contributed by atoms with van der Waals surface area (Å²) in [6.45, 7) is 7.15. The van der Waals surface area contributed by atoms with Gasteiger partial charge in [0.1, 0.15) is 6.54 Å². The number of benzene rings is 1. The average Bonchev–Trinajstić information content (AvgIpc) is 2.61. The Morgan fingerprint density at radius 3 is 2.69 bits per heavy atom. The molecule has 1 aromatic heterocycles. The molecule has 0 aliphatic heterocycles. The number of quaternary nitrogens is 1. The summed E-state index contributed by atoms with van der Waals surface area (Å²) in [6.07, 6.45) is 3.91. The summed E-state index contributed by atoms with van der Waals surface area (Å²) >= 11 is 12.2. The van der Waals surface area contributed by atoms with Crippen molar-refractivity contribution < 1.29 is 33.6 Å². The lowest BCUT2D eigenvalue weighted by Gasteiger charge is -2.35. The molecule has 1 aromatic carbocycles. The monoisotopic (exact) mass is 511 g/mol. The first kappa shape index (κ1) is 23.7. The number of nitrogens with zero attached hydrogens (tertiary/aromatic N) is 2. The fraction of sp³-hybridized carbons (Fsp3) is 0.526. The molecule has 7 heteroatoms. The maximum absolute atomic E-state index is 9.29. The van der Waals surface area contributed by atoms with Gasteiger partial charge in [0, 0.05) is 28.3 Å². The van der Waals surface area contributed by atoms with Crippen LogP contribution in [0.4, 0.5) is 5.69 Å². The molecule has 2 aromatic rings. The Bertz CT molecular complexity index is 683. The Morgan fingerprint density at radius 2 is 2.04 bits per heavy atom. The number of fused-ring (bicyclic) bond motifs is 1. The summed E-state index contributed by atoms with van der Waals surface area (Å²) in [5, 5.41) is 14.7. The van der Waals surface area contributed by atoms with E-state index in [1.807, 2.05) is 30.5 Å². The van der Waals surface area contributed by atoms with Crippen LogP contribution in [0.1, 0.15) is 26.7 Å². The molecule has 1 heterocycles. The van der Waals surface area contributed by atoms with Gasteiger partial charge in [-0.1, -0.05) is 23.2 Å². The number of alkyl halides is 1. The van der Waals surface area contributed by atoms with E-state index in [1.54, 1.807) is 0 Å². The average molecular weight is 512 g/mol. The molecule has 0 amide bonds. The van der Waals surface area contributed by atoms with Gasteiger partial charge in [0.2, 0.25) is 0 Å². The first-order chi connectivity index (χ1) is 12.0. The van der Waals surface area contributed by atoms with Gasteiger partial charge in [-0.25, -0.2) is 0 Å². The molecule has 2 rings (SSSR count). The lowest BCUT2D eigenvalue weighted by Crippen LogP contribution is -3.00. The standard InChI is InChI=1S/C19H28Cl2N3O.HI/c1-3-24(14-20,11-12-25)10-4-5-15(2)23-18-8-9-22-19-13-16(21)6-7-17(18)19;/h6-9,13,15,25H,3-5,10-12,14H2,1-2H3,(H,22,23);1H/q+1;/p-1. The number of pyridine rings is 1. The normalized spacial score (nSPS) is 14.5. The zero-order valence-corrected chi connectivity index (χ0v) is 19.1. The lowest BCUT2D eigenvalue weighted by molar-refractivity contribution is -0.916. The van der Waals surface area contributed by atoms with Crippen molar-refractivity contribution in [2.75, 3.05) is 37.6 Å². The number of hydrogen-bond acceptors (Lipinski definition) is 3. The molecular weight excluding hydrogens is 484 g/mol. The number of aromatic nitrogens is 1. The van der Waals surface area contributed by atoms with E-state index in [1.165, 1.54) is 0 Å². The molecule has 26 heavy (non-hydrogen) atoms. The number of likely N-dealkylation sites (N-methyl/N-ethyl adjacent to an activating group) is 1. The first-order valence-corrected chi connectivity index (χ1v) is 9.77. The summed E-state index contributed by atoms with van der Waals surface area (Å²) in [5.74, 6) is 0. The minimum atomic E-state index is 0. The van der Waals surface area contributed by atoms with Crippen LogP contribution in [-0.2, 0) is 0 Å².